The van der Waals surface area contributed by atoms with Gasteiger partial charge in [0.05, 0.1) is 0 Å². The molecule has 0 aliphatic heterocycles. The summed E-state index contributed by atoms with van der Waals surface area (Å²) in [5.41, 5.74) is 1.95. The minimum atomic E-state index is 0.279. The van der Waals surface area contributed by atoms with Gasteiger partial charge >= 0.3 is 0 Å². The van der Waals surface area contributed by atoms with E-state index in [0.29, 0.717) is 6.42 Å². The maximum atomic E-state index is 11.3. The summed E-state index contributed by atoms with van der Waals surface area (Å²) >= 11 is 0. The second-order valence-electron chi connectivity index (χ2n) is 2.95. The second kappa shape index (κ2) is 2.94. The molecule has 0 spiro atoms. The van der Waals surface area contributed by atoms with Gasteiger partial charge < -0.3 is 0 Å². The van der Waals surface area contributed by atoms with Crippen molar-refractivity contribution in [2.75, 3.05) is 0 Å². The van der Waals surface area contributed by atoms with Crippen LogP contribution in [0.3, 0.4) is 0 Å². The Labute approximate surface area is 71.7 Å². The summed E-state index contributed by atoms with van der Waals surface area (Å²) in [7, 11) is 0. The van der Waals surface area contributed by atoms with Crippen LogP contribution in [-0.2, 0) is 4.79 Å². The maximum absolute atomic E-state index is 11.3. The first kappa shape index (κ1) is 7.29. The highest BCUT2D eigenvalue weighted by Gasteiger charge is 2.15. The van der Waals surface area contributed by atoms with Crippen LogP contribution in [0.15, 0.2) is 36.4 Å². The lowest BCUT2D eigenvalue weighted by Gasteiger charge is -1.98. The van der Waals surface area contributed by atoms with E-state index in [9.17, 15) is 4.79 Å². The highest BCUT2D eigenvalue weighted by atomic mass is 16.1. The van der Waals surface area contributed by atoms with E-state index < -0.39 is 0 Å². The average Bonchev–Trinajstić information content (AvgIpc) is 2.53. The number of Topliss-reactive ketones (excluding diaryl/α,β-unsaturated/α-hetero) is 1. The highest BCUT2D eigenvalue weighted by Crippen LogP contribution is 2.23. The molecule has 1 aliphatic rings. The SMILES string of the molecule is O=C1CCC=C1c1ccccc1. The van der Waals surface area contributed by atoms with Crippen molar-refractivity contribution in [3.8, 4) is 0 Å². The van der Waals surface area contributed by atoms with E-state index in [1.165, 1.54) is 0 Å². The Balaban J connectivity index is 2.38. The van der Waals surface area contributed by atoms with Crippen molar-refractivity contribution in [1.82, 2.24) is 0 Å². The van der Waals surface area contributed by atoms with Gasteiger partial charge in [-0.3, -0.25) is 4.79 Å². The van der Waals surface area contributed by atoms with E-state index in [2.05, 4.69) is 0 Å². The zero-order valence-electron chi connectivity index (χ0n) is 6.79. The van der Waals surface area contributed by atoms with Crippen molar-refractivity contribution < 1.29 is 4.79 Å². The fourth-order valence-corrected chi connectivity index (χ4v) is 1.49. The van der Waals surface area contributed by atoms with Crippen LogP contribution in [0, 0.1) is 0 Å². The van der Waals surface area contributed by atoms with Crippen LogP contribution in [-0.4, -0.2) is 5.78 Å². The molecule has 0 saturated carbocycles. The molecule has 2 rings (SSSR count). The van der Waals surface area contributed by atoms with Gasteiger partial charge in [0.15, 0.2) is 5.78 Å². The molecular formula is C11H10O. The number of hydrogen-bond donors (Lipinski definition) is 0. The minimum absolute atomic E-state index is 0.279. The lowest BCUT2D eigenvalue weighted by molar-refractivity contribution is -0.113. The first-order valence-corrected chi connectivity index (χ1v) is 4.17. The van der Waals surface area contributed by atoms with E-state index in [4.69, 9.17) is 0 Å². The van der Waals surface area contributed by atoms with Crippen molar-refractivity contribution >= 4 is 11.4 Å². The van der Waals surface area contributed by atoms with Crippen LogP contribution in [0.25, 0.3) is 5.57 Å². The predicted octanol–water partition coefficient (Wildman–Crippen LogP) is 2.43. The molecule has 0 saturated heterocycles. The van der Waals surface area contributed by atoms with Crippen molar-refractivity contribution in [2.24, 2.45) is 0 Å². The third kappa shape index (κ3) is 1.18. The van der Waals surface area contributed by atoms with Crippen molar-refractivity contribution in [2.45, 2.75) is 12.8 Å². The molecule has 0 N–H and O–H groups in total. The van der Waals surface area contributed by atoms with Crippen molar-refractivity contribution in [1.29, 1.82) is 0 Å². The smallest absolute Gasteiger partial charge is 0.163 e. The number of allylic oxidation sites excluding steroid dienone is 2. The minimum Gasteiger partial charge on any atom is -0.294 e. The number of carbonyl (C=O) groups excluding carboxylic acids is 1. The Hall–Kier alpha value is -1.37. The third-order valence-electron chi connectivity index (χ3n) is 2.11. The molecule has 0 heterocycles. The average molecular weight is 158 g/mol. The Bertz CT molecular complexity index is 322. The monoisotopic (exact) mass is 158 g/mol. The standard InChI is InChI=1S/C11H10O/c12-11-8-4-7-10(11)9-5-2-1-3-6-9/h1-3,5-7H,4,8H2. The number of benzene rings is 1. The molecule has 0 radical (unpaired) electrons. The van der Waals surface area contributed by atoms with Crippen LogP contribution in [0.1, 0.15) is 18.4 Å². The number of rotatable bonds is 1. The quantitative estimate of drug-likeness (QED) is 0.613. The molecule has 0 amide bonds. The van der Waals surface area contributed by atoms with Gasteiger partial charge in [0.1, 0.15) is 0 Å². The van der Waals surface area contributed by atoms with E-state index in [0.717, 1.165) is 17.6 Å². The van der Waals surface area contributed by atoms with Crippen LogP contribution >= 0.6 is 0 Å². The maximum Gasteiger partial charge on any atom is 0.163 e. The molecule has 1 aromatic carbocycles. The van der Waals surface area contributed by atoms with Gasteiger partial charge in [-0.2, -0.15) is 0 Å². The van der Waals surface area contributed by atoms with Gasteiger partial charge in [0, 0.05) is 12.0 Å². The third-order valence-corrected chi connectivity index (χ3v) is 2.11. The van der Waals surface area contributed by atoms with Crippen molar-refractivity contribution in [3.63, 3.8) is 0 Å². The van der Waals surface area contributed by atoms with Crippen LogP contribution in [0.5, 0.6) is 0 Å². The number of carbonyl (C=O) groups is 1. The molecule has 0 fully saturated rings. The van der Waals surface area contributed by atoms with Gasteiger partial charge in [0.25, 0.3) is 0 Å². The van der Waals surface area contributed by atoms with Gasteiger partial charge in [0.2, 0.25) is 0 Å². The second-order valence-corrected chi connectivity index (χ2v) is 2.95. The van der Waals surface area contributed by atoms with Crippen LogP contribution < -0.4 is 0 Å². The molecule has 1 heteroatoms. The lowest BCUT2D eigenvalue weighted by Crippen LogP contribution is -1.93. The first-order valence-electron chi connectivity index (χ1n) is 4.17. The molecule has 0 aromatic heterocycles. The summed E-state index contributed by atoms with van der Waals surface area (Å²) in [6.45, 7) is 0. The van der Waals surface area contributed by atoms with Crippen molar-refractivity contribution in [3.05, 3.63) is 42.0 Å². The van der Waals surface area contributed by atoms with Gasteiger partial charge in [-0.1, -0.05) is 36.4 Å². The fraction of sp³-hybridized carbons (Fsp3) is 0.182. The van der Waals surface area contributed by atoms with E-state index in [-0.39, 0.29) is 5.78 Å². The van der Waals surface area contributed by atoms with Crippen LogP contribution in [0.2, 0.25) is 0 Å². The van der Waals surface area contributed by atoms with Crippen LogP contribution in [0.4, 0.5) is 0 Å². The molecule has 0 unspecified atom stereocenters. The summed E-state index contributed by atoms with van der Waals surface area (Å²) in [4.78, 5) is 11.3. The highest BCUT2D eigenvalue weighted by molar-refractivity contribution is 6.22. The molecule has 12 heavy (non-hydrogen) atoms. The molecule has 0 atom stereocenters. The summed E-state index contributed by atoms with van der Waals surface area (Å²) < 4.78 is 0. The summed E-state index contributed by atoms with van der Waals surface area (Å²) in [5, 5.41) is 0. The molecule has 1 aromatic rings. The van der Waals surface area contributed by atoms with E-state index >= 15 is 0 Å². The predicted molar refractivity (Wildman–Crippen MR) is 48.7 cm³/mol. The topological polar surface area (TPSA) is 17.1 Å². The molecule has 60 valence electrons. The van der Waals surface area contributed by atoms with Gasteiger partial charge in [-0.05, 0) is 12.0 Å². The first-order chi connectivity index (χ1) is 5.88. The number of hydrogen-bond acceptors (Lipinski definition) is 1. The largest absolute Gasteiger partial charge is 0.294 e. The zero-order chi connectivity index (χ0) is 8.39. The van der Waals surface area contributed by atoms with Gasteiger partial charge in [-0.25, -0.2) is 0 Å². The summed E-state index contributed by atoms with van der Waals surface area (Å²) in [6.07, 6.45) is 3.62. The molecule has 1 aliphatic carbocycles. The normalized spacial score (nSPS) is 16.3. The Kier molecular flexibility index (Phi) is 1.78. The Morgan fingerprint density at radius 1 is 1.08 bits per heavy atom. The zero-order valence-corrected chi connectivity index (χ0v) is 6.79. The number of ketones is 1. The Morgan fingerprint density at radius 2 is 1.83 bits per heavy atom. The lowest BCUT2D eigenvalue weighted by atomic mass is 10.1. The molecule has 0 bridgehead atoms. The summed E-state index contributed by atoms with van der Waals surface area (Å²) in [6, 6.07) is 9.84. The molecule has 1 nitrogen and oxygen atoms in total. The summed E-state index contributed by atoms with van der Waals surface area (Å²) in [5.74, 6) is 0.279. The molecular weight excluding hydrogens is 148 g/mol. The van der Waals surface area contributed by atoms with E-state index in [1.54, 1.807) is 0 Å². The fourth-order valence-electron chi connectivity index (χ4n) is 1.49. The van der Waals surface area contributed by atoms with Gasteiger partial charge in [-0.15, -0.1) is 0 Å². The van der Waals surface area contributed by atoms with E-state index in [1.807, 2.05) is 36.4 Å². The Morgan fingerprint density at radius 3 is 2.42 bits per heavy atom.